The summed E-state index contributed by atoms with van der Waals surface area (Å²) >= 11 is 1.65. The fourth-order valence-electron chi connectivity index (χ4n) is 2.64. The molecule has 0 aromatic heterocycles. The van der Waals surface area contributed by atoms with E-state index in [1.165, 1.54) is 6.07 Å². The standard InChI is InChI=1S/C20H26FN3O2S.HI/c1-25-18-7-4-14(10-19(18)26-2)8-9-23-20(22)24-12-15-5-6-17(21)11-16(15)13-27-3;/h4-7,10-11H,8-9,12-13H2,1-3H3,(H3,22,23,24);1H. The van der Waals surface area contributed by atoms with Crippen molar-refractivity contribution in [3.05, 3.63) is 58.9 Å². The molecule has 0 aliphatic heterocycles. The first-order valence-electron chi connectivity index (χ1n) is 8.58. The van der Waals surface area contributed by atoms with E-state index in [2.05, 4.69) is 10.3 Å². The van der Waals surface area contributed by atoms with E-state index in [1.807, 2.05) is 24.5 Å². The topological polar surface area (TPSA) is 68.9 Å². The molecular formula is C20H27FIN3O2S. The first kappa shape index (κ1) is 24.4. The molecular weight excluding hydrogens is 492 g/mol. The quantitative estimate of drug-likeness (QED) is 0.298. The number of nitrogens with two attached hydrogens (primary N) is 1. The lowest BCUT2D eigenvalue weighted by Gasteiger charge is -2.11. The number of guanidine groups is 1. The number of benzene rings is 2. The Morgan fingerprint density at radius 1 is 1.11 bits per heavy atom. The van der Waals surface area contributed by atoms with Gasteiger partial charge in [-0.05, 0) is 53.6 Å². The van der Waals surface area contributed by atoms with Crippen molar-refractivity contribution in [3.63, 3.8) is 0 Å². The lowest BCUT2D eigenvalue weighted by molar-refractivity contribution is 0.354. The van der Waals surface area contributed by atoms with E-state index < -0.39 is 0 Å². The maximum atomic E-state index is 13.4. The Kier molecular flexibility index (Phi) is 11.1. The number of nitrogens with zero attached hydrogens (tertiary/aromatic N) is 1. The molecule has 5 nitrogen and oxygen atoms in total. The normalized spacial score (nSPS) is 10.9. The molecule has 0 radical (unpaired) electrons. The minimum Gasteiger partial charge on any atom is -0.493 e. The van der Waals surface area contributed by atoms with Gasteiger partial charge in [0.15, 0.2) is 17.5 Å². The molecule has 2 aromatic rings. The highest BCUT2D eigenvalue weighted by Crippen LogP contribution is 2.27. The van der Waals surface area contributed by atoms with Crippen LogP contribution in [0, 0.1) is 5.82 Å². The van der Waals surface area contributed by atoms with Crippen LogP contribution in [-0.4, -0.2) is 33.0 Å². The lowest BCUT2D eigenvalue weighted by Crippen LogP contribution is -2.33. The molecule has 0 aliphatic carbocycles. The van der Waals surface area contributed by atoms with Crippen LogP contribution in [0.25, 0.3) is 0 Å². The van der Waals surface area contributed by atoms with Crippen LogP contribution in [0.4, 0.5) is 4.39 Å². The summed E-state index contributed by atoms with van der Waals surface area (Å²) in [5.74, 6) is 2.29. The zero-order chi connectivity index (χ0) is 19.6. The zero-order valence-electron chi connectivity index (χ0n) is 16.3. The molecule has 0 saturated heterocycles. The Bertz CT molecular complexity index is 790. The number of nitrogens with one attached hydrogen (secondary N) is 1. The highest BCUT2D eigenvalue weighted by Gasteiger charge is 2.06. The smallest absolute Gasteiger partial charge is 0.188 e. The van der Waals surface area contributed by atoms with Gasteiger partial charge in [-0.25, -0.2) is 9.38 Å². The van der Waals surface area contributed by atoms with Crippen molar-refractivity contribution >= 4 is 41.7 Å². The van der Waals surface area contributed by atoms with Crippen LogP contribution in [0.5, 0.6) is 11.5 Å². The fraction of sp³-hybridized carbons (Fsp3) is 0.350. The molecule has 0 unspecified atom stereocenters. The van der Waals surface area contributed by atoms with Crippen molar-refractivity contribution in [2.24, 2.45) is 10.7 Å². The summed E-state index contributed by atoms with van der Waals surface area (Å²) in [6.07, 6.45) is 2.76. The van der Waals surface area contributed by atoms with Gasteiger partial charge in [0.1, 0.15) is 5.82 Å². The van der Waals surface area contributed by atoms with Gasteiger partial charge in [-0.3, -0.25) is 0 Å². The van der Waals surface area contributed by atoms with Crippen LogP contribution >= 0.6 is 35.7 Å². The first-order valence-corrected chi connectivity index (χ1v) is 9.97. The summed E-state index contributed by atoms with van der Waals surface area (Å²) in [5, 5.41) is 3.11. The van der Waals surface area contributed by atoms with Crippen molar-refractivity contribution in [2.45, 2.75) is 18.7 Å². The SMILES string of the molecule is COc1ccc(CCNC(N)=NCc2ccc(F)cc2CSC)cc1OC.I. The first-order chi connectivity index (χ1) is 13.1. The third-order valence-corrected chi connectivity index (χ3v) is 4.66. The van der Waals surface area contributed by atoms with Crippen molar-refractivity contribution in [3.8, 4) is 11.5 Å². The Morgan fingerprint density at radius 2 is 1.86 bits per heavy atom. The van der Waals surface area contributed by atoms with E-state index in [1.54, 1.807) is 38.1 Å². The fourth-order valence-corrected chi connectivity index (χ4v) is 3.22. The summed E-state index contributed by atoms with van der Waals surface area (Å²) in [4.78, 5) is 4.37. The second-order valence-corrected chi connectivity index (χ2v) is 6.78. The van der Waals surface area contributed by atoms with Gasteiger partial charge < -0.3 is 20.5 Å². The third kappa shape index (κ3) is 7.38. The number of halogens is 2. The van der Waals surface area contributed by atoms with E-state index in [4.69, 9.17) is 15.2 Å². The molecule has 0 heterocycles. The number of hydrogen-bond donors (Lipinski definition) is 2. The molecule has 0 aliphatic rings. The van der Waals surface area contributed by atoms with Gasteiger partial charge in [0.05, 0.1) is 20.8 Å². The van der Waals surface area contributed by atoms with Crippen molar-refractivity contribution in [1.82, 2.24) is 5.32 Å². The van der Waals surface area contributed by atoms with Gasteiger partial charge in [-0.1, -0.05) is 12.1 Å². The zero-order valence-corrected chi connectivity index (χ0v) is 19.5. The van der Waals surface area contributed by atoms with Crippen molar-refractivity contribution in [1.29, 1.82) is 0 Å². The van der Waals surface area contributed by atoms with Gasteiger partial charge >= 0.3 is 0 Å². The summed E-state index contributed by atoms with van der Waals surface area (Å²) in [7, 11) is 3.23. The van der Waals surface area contributed by atoms with Gasteiger partial charge in [-0.15, -0.1) is 24.0 Å². The van der Waals surface area contributed by atoms with Crippen LogP contribution in [0.2, 0.25) is 0 Å². The highest BCUT2D eigenvalue weighted by molar-refractivity contribution is 14.0. The van der Waals surface area contributed by atoms with Gasteiger partial charge in [0.25, 0.3) is 0 Å². The van der Waals surface area contributed by atoms with Crippen LogP contribution in [0.3, 0.4) is 0 Å². The maximum Gasteiger partial charge on any atom is 0.188 e. The highest BCUT2D eigenvalue weighted by atomic mass is 127. The minimum atomic E-state index is -0.229. The summed E-state index contributed by atoms with van der Waals surface area (Å²) < 4.78 is 23.9. The predicted molar refractivity (Wildman–Crippen MR) is 126 cm³/mol. The monoisotopic (exact) mass is 519 g/mol. The van der Waals surface area contributed by atoms with Gasteiger partial charge in [0.2, 0.25) is 0 Å². The van der Waals surface area contributed by atoms with Crippen LogP contribution in [-0.2, 0) is 18.7 Å². The molecule has 8 heteroatoms. The summed E-state index contributed by atoms with van der Waals surface area (Å²) in [5.41, 5.74) is 8.99. The minimum absolute atomic E-state index is 0. The Morgan fingerprint density at radius 3 is 2.54 bits per heavy atom. The number of ether oxygens (including phenoxy) is 2. The van der Waals surface area contributed by atoms with E-state index in [-0.39, 0.29) is 29.8 Å². The molecule has 0 spiro atoms. The predicted octanol–water partition coefficient (Wildman–Crippen LogP) is 3.97. The van der Waals surface area contributed by atoms with Crippen LogP contribution in [0.15, 0.2) is 41.4 Å². The van der Waals surface area contributed by atoms with E-state index in [9.17, 15) is 4.39 Å². The summed E-state index contributed by atoms with van der Waals surface area (Å²) in [6.45, 7) is 1.07. The maximum absolute atomic E-state index is 13.4. The van der Waals surface area contributed by atoms with Crippen molar-refractivity contribution < 1.29 is 13.9 Å². The molecule has 0 amide bonds. The van der Waals surface area contributed by atoms with E-state index in [0.29, 0.717) is 30.5 Å². The van der Waals surface area contributed by atoms with Crippen molar-refractivity contribution in [2.75, 3.05) is 27.0 Å². The number of hydrogen-bond acceptors (Lipinski definition) is 4. The second-order valence-electron chi connectivity index (χ2n) is 5.91. The molecule has 0 fully saturated rings. The van der Waals surface area contributed by atoms with Gasteiger partial charge in [-0.2, -0.15) is 11.8 Å². The van der Waals surface area contributed by atoms with Gasteiger partial charge in [0, 0.05) is 12.3 Å². The Hall–Kier alpha value is -1.68. The van der Waals surface area contributed by atoms with E-state index in [0.717, 1.165) is 28.9 Å². The number of methoxy groups -OCH3 is 2. The molecule has 0 saturated carbocycles. The van der Waals surface area contributed by atoms with E-state index >= 15 is 0 Å². The number of aliphatic imine (C=N–C) groups is 1. The second kappa shape index (κ2) is 12.7. The lowest BCUT2D eigenvalue weighted by atomic mass is 10.1. The average molecular weight is 519 g/mol. The number of thioether (sulfide) groups is 1. The molecule has 0 atom stereocenters. The molecule has 3 N–H and O–H groups in total. The number of rotatable bonds is 9. The average Bonchev–Trinajstić information content (AvgIpc) is 2.67. The Labute approximate surface area is 187 Å². The third-order valence-electron chi connectivity index (χ3n) is 4.06. The van der Waals surface area contributed by atoms with Crippen LogP contribution in [0.1, 0.15) is 16.7 Å². The summed E-state index contributed by atoms with van der Waals surface area (Å²) in [6, 6.07) is 10.6. The molecule has 2 aromatic carbocycles. The molecule has 28 heavy (non-hydrogen) atoms. The largest absolute Gasteiger partial charge is 0.493 e. The Balaban J connectivity index is 0.00000392. The molecule has 0 bridgehead atoms. The molecule has 154 valence electrons. The van der Waals surface area contributed by atoms with Crippen LogP contribution < -0.4 is 20.5 Å². The molecule has 2 rings (SSSR count).